The highest BCUT2D eigenvalue weighted by Gasteiger charge is 2.43. The number of alkyl halides is 3. The molecule has 1 atom stereocenters. The predicted octanol–water partition coefficient (Wildman–Crippen LogP) is 4.69. The van der Waals surface area contributed by atoms with E-state index in [0.29, 0.717) is 0 Å². The molecule has 1 fully saturated rings. The van der Waals surface area contributed by atoms with Gasteiger partial charge in [0.05, 0.1) is 0 Å². The van der Waals surface area contributed by atoms with Gasteiger partial charge in [-0.25, -0.2) is 0 Å². The average molecular weight is 287 g/mol. The van der Waals surface area contributed by atoms with Gasteiger partial charge in [0.1, 0.15) is 17.1 Å². The van der Waals surface area contributed by atoms with E-state index in [2.05, 4.69) is 23.6 Å². The Labute approximate surface area is 117 Å². The summed E-state index contributed by atoms with van der Waals surface area (Å²) in [5.74, 6) is -0.148. The molecule has 112 valence electrons. The molecule has 1 aromatic carbocycles. The summed E-state index contributed by atoms with van der Waals surface area (Å²) in [5, 5.41) is 0. The van der Waals surface area contributed by atoms with Crippen LogP contribution in [0.5, 0.6) is 11.5 Å². The monoisotopic (exact) mass is 287 g/mol. The molecular formula is C15H20F3NO. The molecule has 0 radical (unpaired) electrons. The van der Waals surface area contributed by atoms with Gasteiger partial charge in [0.25, 0.3) is 0 Å². The lowest BCUT2D eigenvalue weighted by Crippen LogP contribution is -2.35. The van der Waals surface area contributed by atoms with E-state index in [1.165, 1.54) is 50.4 Å². The van der Waals surface area contributed by atoms with Crippen LogP contribution in [0.2, 0.25) is 0 Å². The highest BCUT2D eigenvalue weighted by atomic mass is 19.4. The Morgan fingerprint density at radius 3 is 2.25 bits per heavy atom. The van der Waals surface area contributed by atoms with Crippen LogP contribution in [0.25, 0.3) is 0 Å². The largest absolute Gasteiger partial charge is 0.456 e. The molecule has 0 spiro atoms. The number of rotatable bonds is 1. The fourth-order valence-corrected chi connectivity index (χ4v) is 2.69. The van der Waals surface area contributed by atoms with Crippen LogP contribution in [-0.4, -0.2) is 24.5 Å². The van der Waals surface area contributed by atoms with Gasteiger partial charge < -0.3 is 9.64 Å². The Balaban J connectivity index is 0.000000151. The average Bonchev–Trinajstić information content (AvgIpc) is 2.39. The molecule has 0 N–H and O–H groups in total. The van der Waals surface area contributed by atoms with E-state index < -0.39 is 11.7 Å². The second-order valence-electron chi connectivity index (χ2n) is 5.27. The van der Waals surface area contributed by atoms with Crippen molar-refractivity contribution >= 4 is 0 Å². The Morgan fingerprint density at radius 2 is 1.90 bits per heavy atom. The maximum absolute atomic E-state index is 12.0. The van der Waals surface area contributed by atoms with Gasteiger partial charge in [-0.3, -0.25) is 0 Å². The fraction of sp³-hybridized carbons (Fsp3) is 0.600. The number of ether oxygens (including phenoxy) is 1. The smallest absolute Gasteiger partial charge is 0.423 e. The number of piperidine rings is 1. The molecule has 3 aliphatic heterocycles. The van der Waals surface area contributed by atoms with Gasteiger partial charge in [-0.15, -0.1) is 0 Å². The molecule has 2 bridgehead atoms. The van der Waals surface area contributed by atoms with Crippen molar-refractivity contribution < 1.29 is 17.9 Å². The minimum atomic E-state index is -4.27. The van der Waals surface area contributed by atoms with Crippen LogP contribution < -0.4 is 4.74 Å². The first-order valence-corrected chi connectivity index (χ1v) is 7.01. The van der Waals surface area contributed by atoms with Crippen LogP contribution in [0, 0.1) is 0 Å². The summed E-state index contributed by atoms with van der Waals surface area (Å²) in [7, 11) is 2.24. The summed E-state index contributed by atoms with van der Waals surface area (Å²) >= 11 is 0. The van der Waals surface area contributed by atoms with E-state index in [4.69, 9.17) is 0 Å². The molecule has 0 saturated carbocycles. The van der Waals surface area contributed by atoms with Crippen molar-refractivity contribution in [2.45, 2.75) is 44.8 Å². The lowest BCUT2D eigenvalue weighted by Gasteiger charge is -2.31. The summed E-state index contributed by atoms with van der Waals surface area (Å²) < 4.78 is 40.7. The summed E-state index contributed by atoms with van der Waals surface area (Å²) in [6, 6.07) is 5.02. The van der Waals surface area contributed by atoms with Gasteiger partial charge in [-0.05, 0) is 45.0 Å². The molecule has 5 heteroatoms. The minimum Gasteiger partial charge on any atom is -0.456 e. The minimum absolute atomic E-state index is 0.0741. The van der Waals surface area contributed by atoms with Crippen LogP contribution in [-0.2, 0) is 6.18 Å². The van der Waals surface area contributed by atoms with Gasteiger partial charge in [0.2, 0.25) is 0 Å². The first kappa shape index (κ1) is 15.2. The van der Waals surface area contributed by atoms with Crippen molar-refractivity contribution in [3.63, 3.8) is 0 Å². The Kier molecular flexibility index (Phi) is 4.58. The zero-order valence-corrected chi connectivity index (χ0v) is 11.8. The lowest BCUT2D eigenvalue weighted by molar-refractivity contribution is -0.143. The van der Waals surface area contributed by atoms with Crippen LogP contribution in [0.4, 0.5) is 13.2 Å². The molecule has 1 saturated heterocycles. The topological polar surface area (TPSA) is 12.5 Å². The fourth-order valence-electron chi connectivity index (χ4n) is 2.69. The third kappa shape index (κ3) is 3.26. The molecule has 3 heterocycles. The molecule has 0 aromatic heterocycles. The van der Waals surface area contributed by atoms with E-state index >= 15 is 0 Å². The van der Waals surface area contributed by atoms with Crippen molar-refractivity contribution in [3.05, 3.63) is 23.8 Å². The highest BCUT2D eigenvalue weighted by molar-refractivity contribution is 5.56. The predicted molar refractivity (Wildman–Crippen MR) is 72.1 cm³/mol. The summed E-state index contributed by atoms with van der Waals surface area (Å²) in [6.45, 7) is 3.60. The first-order valence-electron chi connectivity index (χ1n) is 7.01. The quantitative estimate of drug-likeness (QED) is 0.754. The standard InChI is InChI=1S/C8H17N.C7H3F3O/c1-3-8-6-4-5-7-9(8)2;8-7(9,10)6-4-2-1-3-5(6)11-4/h8H,3-7H2,1-2H3;1-3H. The van der Waals surface area contributed by atoms with Crippen LogP contribution in [0.3, 0.4) is 0 Å². The van der Waals surface area contributed by atoms with Crippen molar-refractivity contribution in [3.8, 4) is 11.5 Å². The second kappa shape index (κ2) is 6.04. The van der Waals surface area contributed by atoms with Gasteiger partial charge in [-0.1, -0.05) is 19.4 Å². The van der Waals surface area contributed by atoms with Crippen LogP contribution in [0.15, 0.2) is 18.2 Å². The maximum atomic E-state index is 12.0. The molecule has 0 amide bonds. The molecule has 3 aliphatic rings. The number of likely N-dealkylation sites (tertiary alicyclic amines) is 1. The van der Waals surface area contributed by atoms with Crippen LogP contribution in [0.1, 0.15) is 38.2 Å². The number of fused-ring (bicyclic) bond motifs is 2. The van der Waals surface area contributed by atoms with E-state index in [1.807, 2.05) is 0 Å². The van der Waals surface area contributed by atoms with E-state index in [9.17, 15) is 13.2 Å². The number of halogens is 3. The summed E-state index contributed by atoms with van der Waals surface area (Å²) in [5.41, 5.74) is -0.639. The van der Waals surface area contributed by atoms with Gasteiger partial charge >= 0.3 is 6.18 Å². The maximum Gasteiger partial charge on any atom is 0.423 e. The van der Waals surface area contributed by atoms with Crippen molar-refractivity contribution in [2.24, 2.45) is 0 Å². The van der Waals surface area contributed by atoms with Crippen LogP contribution >= 0.6 is 0 Å². The Hall–Kier alpha value is -1.23. The molecule has 4 rings (SSSR count). The number of nitrogens with zero attached hydrogens (tertiary/aromatic N) is 1. The number of hydrogen-bond donors (Lipinski definition) is 0. The first-order chi connectivity index (χ1) is 9.43. The molecule has 1 unspecified atom stereocenters. The molecule has 0 aliphatic carbocycles. The number of benzene rings is 1. The van der Waals surface area contributed by atoms with Crippen molar-refractivity contribution in [2.75, 3.05) is 13.6 Å². The number of hydrogen-bond acceptors (Lipinski definition) is 2. The van der Waals surface area contributed by atoms with E-state index in [0.717, 1.165) is 6.04 Å². The SMILES string of the molecule is CCC1CCCCN1C.FC(F)(F)c1c2cccc1O2. The highest BCUT2D eigenvalue weighted by Crippen LogP contribution is 2.50. The third-order valence-corrected chi connectivity index (χ3v) is 3.88. The Bertz CT molecular complexity index is 439. The summed E-state index contributed by atoms with van der Waals surface area (Å²) in [6.07, 6.45) is 1.34. The molecule has 20 heavy (non-hydrogen) atoms. The Morgan fingerprint density at radius 1 is 1.25 bits per heavy atom. The van der Waals surface area contributed by atoms with Crippen molar-refractivity contribution in [1.29, 1.82) is 0 Å². The zero-order chi connectivity index (χ0) is 14.8. The van der Waals surface area contributed by atoms with Crippen molar-refractivity contribution in [1.82, 2.24) is 4.90 Å². The summed E-state index contributed by atoms with van der Waals surface area (Å²) in [4.78, 5) is 2.49. The zero-order valence-electron chi connectivity index (χ0n) is 11.8. The van der Waals surface area contributed by atoms with Gasteiger partial charge in [-0.2, -0.15) is 13.2 Å². The second-order valence-corrected chi connectivity index (χ2v) is 5.27. The lowest BCUT2D eigenvalue weighted by atomic mass is 10.0. The van der Waals surface area contributed by atoms with E-state index in [-0.39, 0.29) is 11.5 Å². The van der Waals surface area contributed by atoms with E-state index in [1.54, 1.807) is 0 Å². The van der Waals surface area contributed by atoms with Gasteiger partial charge in [0, 0.05) is 6.04 Å². The molecular weight excluding hydrogens is 267 g/mol. The normalized spacial score (nSPS) is 21.4. The third-order valence-electron chi connectivity index (χ3n) is 3.88. The molecule has 2 nitrogen and oxygen atoms in total. The molecule has 1 aromatic rings. The van der Waals surface area contributed by atoms with Gasteiger partial charge in [0.15, 0.2) is 0 Å².